The lowest BCUT2D eigenvalue weighted by atomic mass is 10.2. The molecule has 0 saturated carbocycles. The van der Waals surface area contributed by atoms with Crippen LogP contribution in [0.15, 0.2) is 42.5 Å². The van der Waals surface area contributed by atoms with Crippen LogP contribution in [0, 0.1) is 0 Å². The normalized spacial score (nSPS) is 12.8. The fourth-order valence-electron chi connectivity index (χ4n) is 2.77. The van der Waals surface area contributed by atoms with E-state index in [4.69, 9.17) is 9.47 Å². The van der Waals surface area contributed by atoms with Gasteiger partial charge in [-0.1, -0.05) is 18.2 Å². The average Bonchev–Trinajstić information content (AvgIpc) is 3.08. The predicted molar refractivity (Wildman–Crippen MR) is 101 cm³/mol. The monoisotopic (exact) mass is 369 g/mol. The van der Waals surface area contributed by atoms with Gasteiger partial charge in [-0.05, 0) is 29.8 Å². The topological polar surface area (TPSA) is 63.7 Å². The van der Waals surface area contributed by atoms with Gasteiger partial charge in [-0.15, -0.1) is 11.3 Å². The molecule has 1 N–H and O–H groups in total. The molecule has 0 aliphatic carbocycles. The molecule has 0 spiro atoms. The van der Waals surface area contributed by atoms with Crippen molar-refractivity contribution < 1.29 is 14.3 Å². The van der Waals surface area contributed by atoms with Crippen molar-refractivity contribution in [3.05, 3.63) is 53.0 Å². The highest BCUT2D eigenvalue weighted by molar-refractivity contribution is 7.18. The minimum atomic E-state index is -0.140. The zero-order valence-corrected chi connectivity index (χ0v) is 15.2. The molecule has 0 bridgehead atoms. The smallest absolute Gasteiger partial charge is 0.317 e. The number of hydrogen-bond acceptors (Lipinski definition) is 5. The number of carbonyl (C=O) groups excluding carboxylic acids is 1. The number of carbonyl (C=O) groups is 1. The van der Waals surface area contributed by atoms with Crippen molar-refractivity contribution in [2.45, 2.75) is 13.1 Å². The fourth-order valence-corrected chi connectivity index (χ4v) is 3.79. The van der Waals surface area contributed by atoms with Crippen LogP contribution in [0.25, 0.3) is 10.2 Å². The van der Waals surface area contributed by atoms with Crippen LogP contribution in [-0.2, 0) is 13.1 Å². The minimum absolute atomic E-state index is 0.140. The van der Waals surface area contributed by atoms with Crippen molar-refractivity contribution in [3.8, 4) is 11.5 Å². The van der Waals surface area contributed by atoms with Gasteiger partial charge in [0.2, 0.25) is 0 Å². The first-order valence-corrected chi connectivity index (χ1v) is 9.22. The van der Waals surface area contributed by atoms with Crippen LogP contribution < -0.4 is 14.8 Å². The Morgan fingerprint density at radius 3 is 2.85 bits per heavy atom. The number of ether oxygens (including phenoxy) is 2. The summed E-state index contributed by atoms with van der Waals surface area (Å²) in [6, 6.07) is 13.6. The molecule has 0 atom stereocenters. The molecule has 1 aliphatic rings. The van der Waals surface area contributed by atoms with Gasteiger partial charge >= 0.3 is 6.03 Å². The van der Waals surface area contributed by atoms with Gasteiger partial charge in [0.1, 0.15) is 18.2 Å². The van der Waals surface area contributed by atoms with Gasteiger partial charge in [0.25, 0.3) is 0 Å². The Bertz CT molecular complexity index is 908. The third-order valence-corrected chi connectivity index (χ3v) is 5.13. The van der Waals surface area contributed by atoms with E-state index in [0.717, 1.165) is 32.3 Å². The maximum absolute atomic E-state index is 12.4. The van der Waals surface area contributed by atoms with Crippen molar-refractivity contribution in [1.82, 2.24) is 15.2 Å². The van der Waals surface area contributed by atoms with Crippen molar-refractivity contribution in [3.63, 3.8) is 0 Å². The van der Waals surface area contributed by atoms with Crippen LogP contribution in [0.1, 0.15) is 10.6 Å². The molecule has 26 heavy (non-hydrogen) atoms. The van der Waals surface area contributed by atoms with E-state index >= 15 is 0 Å². The van der Waals surface area contributed by atoms with Gasteiger partial charge in [0.15, 0.2) is 11.5 Å². The molecule has 4 rings (SSSR count). The van der Waals surface area contributed by atoms with Gasteiger partial charge in [0, 0.05) is 13.6 Å². The Labute approximate surface area is 155 Å². The zero-order valence-electron chi connectivity index (χ0n) is 14.4. The molecule has 7 heteroatoms. The quantitative estimate of drug-likeness (QED) is 0.765. The summed E-state index contributed by atoms with van der Waals surface area (Å²) in [5, 5.41) is 3.85. The number of benzene rings is 2. The molecule has 1 aromatic heterocycles. The number of urea groups is 1. The Morgan fingerprint density at radius 2 is 2.00 bits per heavy atom. The molecular formula is C19H19N3O3S. The van der Waals surface area contributed by atoms with Crippen molar-refractivity contribution in [1.29, 1.82) is 0 Å². The molecule has 0 unspecified atom stereocenters. The first-order valence-electron chi connectivity index (χ1n) is 8.41. The number of thiazole rings is 1. The fraction of sp³-hybridized carbons (Fsp3) is 0.263. The maximum Gasteiger partial charge on any atom is 0.317 e. The molecule has 2 amide bonds. The summed E-state index contributed by atoms with van der Waals surface area (Å²) in [4.78, 5) is 18.6. The van der Waals surface area contributed by atoms with E-state index in [-0.39, 0.29) is 6.03 Å². The number of nitrogens with one attached hydrogen (secondary N) is 1. The van der Waals surface area contributed by atoms with Gasteiger partial charge in [0.05, 0.1) is 16.8 Å². The predicted octanol–water partition coefficient (Wildman–Crippen LogP) is 3.41. The number of aromatic nitrogens is 1. The molecule has 0 radical (unpaired) electrons. The lowest BCUT2D eigenvalue weighted by molar-refractivity contribution is 0.171. The third kappa shape index (κ3) is 3.57. The summed E-state index contributed by atoms with van der Waals surface area (Å²) in [5.74, 6) is 1.48. The minimum Gasteiger partial charge on any atom is -0.486 e. The number of hydrogen-bond donors (Lipinski definition) is 1. The number of rotatable bonds is 4. The molecule has 2 aromatic carbocycles. The highest BCUT2D eigenvalue weighted by Crippen LogP contribution is 2.30. The van der Waals surface area contributed by atoms with Crippen molar-refractivity contribution in [2.24, 2.45) is 0 Å². The van der Waals surface area contributed by atoms with Crippen LogP contribution in [0.5, 0.6) is 11.5 Å². The highest BCUT2D eigenvalue weighted by atomic mass is 32.1. The molecule has 6 nitrogen and oxygen atoms in total. The standard InChI is InChI=1S/C19H19N3O3S/c1-22(12-18-21-14-4-2-3-5-17(14)26-18)19(23)20-11-13-6-7-15-16(10-13)25-9-8-24-15/h2-7,10H,8-9,11-12H2,1H3,(H,20,23). The first-order chi connectivity index (χ1) is 12.7. The SMILES string of the molecule is CN(Cc1nc2ccccc2s1)C(=O)NCc1ccc2c(c1)OCCO2. The maximum atomic E-state index is 12.4. The van der Waals surface area contributed by atoms with E-state index in [0.29, 0.717) is 26.3 Å². The Hall–Kier alpha value is -2.80. The number of para-hydroxylation sites is 1. The molecule has 134 valence electrons. The van der Waals surface area contributed by atoms with Gasteiger partial charge in [-0.25, -0.2) is 9.78 Å². The second kappa shape index (κ2) is 7.21. The average molecular weight is 369 g/mol. The highest BCUT2D eigenvalue weighted by Gasteiger charge is 2.14. The van der Waals surface area contributed by atoms with Crippen LogP contribution in [0.2, 0.25) is 0 Å². The van der Waals surface area contributed by atoms with Crippen LogP contribution in [0.3, 0.4) is 0 Å². The van der Waals surface area contributed by atoms with Gasteiger partial charge in [-0.2, -0.15) is 0 Å². The van der Waals surface area contributed by atoms with E-state index in [1.54, 1.807) is 23.3 Å². The number of nitrogens with zero attached hydrogens (tertiary/aromatic N) is 2. The summed E-state index contributed by atoms with van der Waals surface area (Å²) in [6.45, 7) is 2.03. The molecular weight excluding hydrogens is 350 g/mol. The first kappa shape index (κ1) is 16.7. The molecule has 3 aromatic rings. The van der Waals surface area contributed by atoms with E-state index in [1.165, 1.54) is 0 Å². The van der Waals surface area contributed by atoms with Crippen LogP contribution >= 0.6 is 11.3 Å². The van der Waals surface area contributed by atoms with Gasteiger partial charge in [-0.3, -0.25) is 0 Å². The summed E-state index contributed by atoms with van der Waals surface area (Å²) in [5.41, 5.74) is 1.94. The molecule has 2 heterocycles. The molecule has 0 fully saturated rings. The summed E-state index contributed by atoms with van der Waals surface area (Å²) in [6.07, 6.45) is 0. The second-order valence-corrected chi connectivity index (χ2v) is 7.18. The third-order valence-electron chi connectivity index (χ3n) is 4.11. The van der Waals surface area contributed by atoms with E-state index < -0.39 is 0 Å². The van der Waals surface area contributed by atoms with Crippen LogP contribution in [0.4, 0.5) is 4.79 Å². The van der Waals surface area contributed by atoms with Crippen molar-refractivity contribution in [2.75, 3.05) is 20.3 Å². The summed E-state index contributed by atoms with van der Waals surface area (Å²) >= 11 is 1.61. The van der Waals surface area contributed by atoms with E-state index in [9.17, 15) is 4.79 Å². The van der Waals surface area contributed by atoms with E-state index in [2.05, 4.69) is 10.3 Å². The summed E-state index contributed by atoms with van der Waals surface area (Å²) < 4.78 is 12.2. The second-order valence-electron chi connectivity index (χ2n) is 6.07. The van der Waals surface area contributed by atoms with Crippen molar-refractivity contribution >= 4 is 27.6 Å². The lowest BCUT2D eigenvalue weighted by Crippen LogP contribution is -2.36. The molecule has 0 saturated heterocycles. The van der Waals surface area contributed by atoms with Crippen LogP contribution in [-0.4, -0.2) is 36.2 Å². The zero-order chi connectivity index (χ0) is 17.9. The largest absolute Gasteiger partial charge is 0.486 e. The Morgan fingerprint density at radius 1 is 1.19 bits per heavy atom. The number of fused-ring (bicyclic) bond motifs is 2. The van der Waals surface area contributed by atoms with E-state index in [1.807, 2.05) is 42.5 Å². The Kier molecular flexibility index (Phi) is 4.62. The lowest BCUT2D eigenvalue weighted by Gasteiger charge is -2.20. The van der Waals surface area contributed by atoms with Gasteiger partial charge < -0.3 is 19.7 Å². The Balaban J connectivity index is 1.35. The molecule has 1 aliphatic heterocycles. The number of amides is 2. The summed E-state index contributed by atoms with van der Waals surface area (Å²) in [7, 11) is 1.77.